The fraction of sp³-hybridized carbons (Fsp3) is 0.273. The molecule has 4 nitrogen and oxygen atoms in total. The topological polar surface area (TPSA) is 56.7 Å². The second-order valence-corrected chi connectivity index (χ2v) is 3.41. The van der Waals surface area contributed by atoms with Crippen LogP contribution in [0.2, 0.25) is 0 Å². The Labute approximate surface area is 92.9 Å². The minimum absolute atomic E-state index is 0.263. The molecule has 0 aliphatic carbocycles. The van der Waals surface area contributed by atoms with E-state index in [1.165, 1.54) is 12.1 Å². The summed E-state index contributed by atoms with van der Waals surface area (Å²) in [5, 5.41) is 8.07. The van der Waals surface area contributed by atoms with Crippen LogP contribution in [0.4, 0.5) is 4.39 Å². The van der Waals surface area contributed by atoms with Crippen LogP contribution in [-0.4, -0.2) is 15.0 Å². The lowest BCUT2D eigenvalue weighted by Gasteiger charge is -2.02. The summed E-state index contributed by atoms with van der Waals surface area (Å²) in [6, 6.07) is 6.16. The van der Waals surface area contributed by atoms with Gasteiger partial charge in [0.2, 0.25) is 0 Å². The van der Waals surface area contributed by atoms with Gasteiger partial charge in [0.25, 0.3) is 0 Å². The van der Waals surface area contributed by atoms with Crippen molar-refractivity contribution in [1.29, 1.82) is 0 Å². The van der Waals surface area contributed by atoms with Gasteiger partial charge in [-0.3, -0.25) is 0 Å². The molecule has 0 fully saturated rings. The van der Waals surface area contributed by atoms with E-state index in [4.69, 9.17) is 5.73 Å². The number of nitrogens with zero attached hydrogens (tertiary/aromatic N) is 3. The summed E-state index contributed by atoms with van der Waals surface area (Å²) in [4.78, 5) is 0. The van der Waals surface area contributed by atoms with E-state index in [-0.39, 0.29) is 5.82 Å². The zero-order chi connectivity index (χ0) is 11.5. The summed E-state index contributed by atoms with van der Waals surface area (Å²) in [6.45, 7) is 3.07. The predicted molar refractivity (Wildman–Crippen MR) is 59.0 cm³/mol. The van der Waals surface area contributed by atoms with E-state index < -0.39 is 0 Å². The van der Waals surface area contributed by atoms with Crippen molar-refractivity contribution in [2.24, 2.45) is 5.73 Å². The van der Waals surface area contributed by atoms with Crippen molar-refractivity contribution in [3.63, 3.8) is 0 Å². The van der Waals surface area contributed by atoms with Gasteiger partial charge in [-0.25, -0.2) is 9.07 Å². The van der Waals surface area contributed by atoms with Gasteiger partial charge < -0.3 is 5.73 Å². The van der Waals surface area contributed by atoms with E-state index in [1.807, 2.05) is 6.92 Å². The molecular formula is C11H13FN4. The highest BCUT2D eigenvalue weighted by Crippen LogP contribution is 2.20. The van der Waals surface area contributed by atoms with Gasteiger partial charge in [0.05, 0.1) is 5.69 Å². The first-order valence-electron chi connectivity index (χ1n) is 5.14. The van der Waals surface area contributed by atoms with Gasteiger partial charge >= 0.3 is 0 Å². The molecule has 5 heteroatoms. The molecule has 1 aromatic carbocycles. The van der Waals surface area contributed by atoms with Gasteiger partial charge in [-0.15, -0.1) is 5.10 Å². The predicted octanol–water partition coefficient (Wildman–Crippen LogP) is 1.56. The monoisotopic (exact) mass is 220 g/mol. The van der Waals surface area contributed by atoms with Crippen molar-refractivity contribution in [1.82, 2.24) is 15.0 Å². The number of halogens is 1. The molecule has 0 saturated carbocycles. The zero-order valence-electron chi connectivity index (χ0n) is 9.02. The Hall–Kier alpha value is -1.75. The molecule has 0 atom stereocenters. The summed E-state index contributed by atoms with van der Waals surface area (Å²) in [6.07, 6.45) is 0. The third kappa shape index (κ3) is 1.81. The number of benzene rings is 1. The third-order valence-electron chi connectivity index (χ3n) is 2.45. The van der Waals surface area contributed by atoms with Gasteiger partial charge in [-0.2, -0.15) is 0 Å². The molecule has 0 amide bonds. The van der Waals surface area contributed by atoms with Crippen LogP contribution >= 0.6 is 0 Å². The maximum atomic E-state index is 12.8. The molecular weight excluding hydrogens is 207 g/mol. The normalized spacial score (nSPS) is 10.7. The maximum absolute atomic E-state index is 12.8. The summed E-state index contributed by atoms with van der Waals surface area (Å²) in [5.41, 5.74) is 8.09. The highest BCUT2D eigenvalue weighted by Gasteiger charge is 2.11. The van der Waals surface area contributed by atoms with Crippen LogP contribution < -0.4 is 5.73 Å². The molecule has 0 saturated heterocycles. The molecule has 2 aromatic rings. The fourth-order valence-electron chi connectivity index (χ4n) is 1.62. The van der Waals surface area contributed by atoms with Crippen LogP contribution in [0.1, 0.15) is 12.6 Å². The van der Waals surface area contributed by atoms with Crippen LogP contribution in [0.15, 0.2) is 24.3 Å². The summed E-state index contributed by atoms with van der Waals surface area (Å²) in [5.74, 6) is -0.263. The first-order valence-corrected chi connectivity index (χ1v) is 5.14. The van der Waals surface area contributed by atoms with Crippen molar-refractivity contribution in [2.75, 3.05) is 0 Å². The Morgan fingerprint density at radius 2 is 2.00 bits per heavy atom. The quantitative estimate of drug-likeness (QED) is 0.854. The van der Waals surface area contributed by atoms with Crippen LogP contribution in [0, 0.1) is 5.82 Å². The minimum atomic E-state index is -0.263. The van der Waals surface area contributed by atoms with Crippen molar-refractivity contribution < 1.29 is 4.39 Å². The van der Waals surface area contributed by atoms with Crippen LogP contribution in [-0.2, 0) is 13.1 Å². The Morgan fingerprint density at radius 3 is 2.56 bits per heavy atom. The molecule has 2 rings (SSSR count). The maximum Gasteiger partial charge on any atom is 0.123 e. The molecule has 0 bridgehead atoms. The van der Waals surface area contributed by atoms with E-state index in [0.29, 0.717) is 6.54 Å². The van der Waals surface area contributed by atoms with Crippen molar-refractivity contribution >= 4 is 0 Å². The molecule has 0 unspecified atom stereocenters. The lowest BCUT2D eigenvalue weighted by atomic mass is 10.1. The van der Waals surface area contributed by atoms with Gasteiger partial charge in [-0.1, -0.05) is 5.21 Å². The number of rotatable bonds is 3. The zero-order valence-corrected chi connectivity index (χ0v) is 9.02. The molecule has 16 heavy (non-hydrogen) atoms. The molecule has 84 valence electrons. The number of aromatic nitrogens is 3. The summed E-state index contributed by atoms with van der Waals surface area (Å²) < 4.78 is 14.5. The molecule has 0 aliphatic heterocycles. The van der Waals surface area contributed by atoms with Crippen LogP contribution in [0.5, 0.6) is 0 Å². The number of hydrogen-bond donors (Lipinski definition) is 1. The van der Waals surface area contributed by atoms with E-state index in [0.717, 1.165) is 23.5 Å². The van der Waals surface area contributed by atoms with E-state index in [1.54, 1.807) is 16.8 Å². The summed E-state index contributed by atoms with van der Waals surface area (Å²) >= 11 is 0. The highest BCUT2D eigenvalue weighted by atomic mass is 19.1. The van der Waals surface area contributed by atoms with E-state index in [9.17, 15) is 4.39 Å². The highest BCUT2D eigenvalue weighted by molar-refractivity contribution is 5.61. The van der Waals surface area contributed by atoms with Gasteiger partial charge in [0.1, 0.15) is 11.5 Å². The van der Waals surface area contributed by atoms with E-state index >= 15 is 0 Å². The molecule has 1 heterocycles. The molecule has 0 radical (unpaired) electrons. The molecule has 0 aliphatic rings. The number of aryl methyl sites for hydroxylation is 1. The smallest absolute Gasteiger partial charge is 0.123 e. The second-order valence-electron chi connectivity index (χ2n) is 3.41. The average Bonchev–Trinajstić information content (AvgIpc) is 2.72. The van der Waals surface area contributed by atoms with Crippen molar-refractivity contribution in [3.05, 3.63) is 35.8 Å². The van der Waals surface area contributed by atoms with Gasteiger partial charge in [0, 0.05) is 18.7 Å². The SMILES string of the molecule is CCn1nnc(-c2ccc(F)cc2)c1CN. The Kier molecular flexibility index (Phi) is 2.96. The molecule has 0 spiro atoms. The van der Waals surface area contributed by atoms with Crippen LogP contribution in [0.3, 0.4) is 0 Å². The van der Waals surface area contributed by atoms with Gasteiger partial charge in [0.15, 0.2) is 0 Å². The third-order valence-corrected chi connectivity index (χ3v) is 2.45. The Bertz CT molecular complexity index is 475. The Morgan fingerprint density at radius 1 is 1.31 bits per heavy atom. The lowest BCUT2D eigenvalue weighted by molar-refractivity contribution is 0.598. The largest absolute Gasteiger partial charge is 0.325 e. The molecule has 2 N–H and O–H groups in total. The fourth-order valence-corrected chi connectivity index (χ4v) is 1.62. The lowest BCUT2D eigenvalue weighted by Crippen LogP contribution is -2.08. The minimum Gasteiger partial charge on any atom is -0.325 e. The summed E-state index contributed by atoms with van der Waals surface area (Å²) in [7, 11) is 0. The Balaban J connectivity index is 2.47. The number of hydrogen-bond acceptors (Lipinski definition) is 3. The molecule has 1 aromatic heterocycles. The first kappa shape index (κ1) is 10.8. The van der Waals surface area contributed by atoms with Crippen LogP contribution in [0.25, 0.3) is 11.3 Å². The standard InChI is InChI=1S/C11H13FN4/c1-2-16-10(7-13)11(14-15-16)8-3-5-9(12)6-4-8/h3-6H,2,7,13H2,1H3. The van der Waals surface area contributed by atoms with Crippen molar-refractivity contribution in [2.45, 2.75) is 20.0 Å². The average molecular weight is 220 g/mol. The number of nitrogens with two attached hydrogens (primary N) is 1. The van der Waals surface area contributed by atoms with Crippen molar-refractivity contribution in [3.8, 4) is 11.3 Å². The van der Waals surface area contributed by atoms with Gasteiger partial charge in [-0.05, 0) is 31.2 Å². The first-order chi connectivity index (χ1) is 7.76. The second kappa shape index (κ2) is 4.40. The van der Waals surface area contributed by atoms with E-state index in [2.05, 4.69) is 10.3 Å².